The average molecular weight is 446 g/mol. The zero-order chi connectivity index (χ0) is 22.8. The summed E-state index contributed by atoms with van der Waals surface area (Å²) >= 11 is 0. The van der Waals surface area contributed by atoms with Crippen LogP contribution in [0, 0.1) is 5.82 Å². The van der Waals surface area contributed by atoms with E-state index in [4.69, 9.17) is 9.47 Å². The van der Waals surface area contributed by atoms with Crippen LogP contribution in [0.5, 0.6) is 11.5 Å². The molecule has 0 aliphatic carbocycles. The van der Waals surface area contributed by atoms with Gasteiger partial charge in [0.05, 0.1) is 6.20 Å². The lowest BCUT2D eigenvalue weighted by molar-refractivity contribution is 0.0749. The van der Waals surface area contributed by atoms with Crippen LogP contribution in [0.4, 0.5) is 4.39 Å². The van der Waals surface area contributed by atoms with Crippen molar-refractivity contribution >= 4 is 5.91 Å². The Kier molecular flexibility index (Phi) is 5.56. The average Bonchev–Trinajstić information content (AvgIpc) is 3.52. The van der Waals surface area contributed by atoms with Crippen LogP contribution in [0.3, 0.4) is 0 Å². The van der Waals surface area contributed by atoms with Crippen molar-refractivity contribution in [2.75, 3.05) is 19.8 Å². The molecule has 0 N–H and O–H groups in total. The molecule has 3 heterocycles. The zero-order valence-electron chi connectivity index (χ0n) is 18.1. The highest BCUT2D eigenvalue weighted by molar-refractivity contribution is 5.97. The largest absolute Gasteiger partial charge is 0.486 e. The van der Waals surface area contributed by atoms with Crippen LogP contribution in [-0.2, 0) is 6.54 Å². The molecule has 0 saturated carbocycles. The summed E-state index contributed by atoms with van der Waals surface area (Å²) in [6.45, 7) is 3.71. The van der Waals surface area contributed by atoms with Crippen molar-refractivity contribution in [2.24, 2.45) is 0 Å². The zero-order valence-corrected chi connectivity index (χ0v) is 18.1. The summed E-state index contributed by atoms with van der Waals surface area (Å²) in [4.78, 5) is 15.4. The predicted octanol–water partition coefficient (Wildman–Crippen LogP) is 4.24. The van der Waals surface area contributed by atoms with Gasteiger partial charge in [-0.1, -0.05) is 24.3 Å². The third-order valence-corrected chi connectivity index (χ3v) is 5.58. The molecular formula is C25H23FN4O3. The fraction of sp³-hybridized carbons (Fsp3) is 0.200. The lowest BCUT2D eigenvalue weighted by Gasteiger charge is -2.25. The molecule has 0 atom stereocenters. The van der Waals surface area contributed by atoms with Gasteiger partial charge in [0.15, 0.2) is 17.3 Å². The van der Waals surface area contributed by atoms with Gasteiger partial charge in [0, 0.05) is 31.0 Å². The van der Waals surface area contributed by atoms with Gasteiger partial charge < -0.3 is 18.9 Å². The number of ether oxygens (including phenoxy) is 2. The van der Waals surface area contributed by atoms with Crippen LogP contribution in [0.1, 0.15) is 22.8 Å². The molecule has 2 aromatic carbocycles. The number of carbonyl (C=O) groups excluding carboxylic acids is 1. The Labute approximate surface area is 190 Å². The SMILES string of the molecule is CCN(Cc1cccc2c1OCCO2)C(=O)c1cnn(-c2ccccc2F)c1-n1cccc1. The summed E-state index contributed by atoms with van der Waals surface area (Å²) in [7, 11) is 0. The number of amides is 1. The maximum Gasteiger partial charge on any atom is 0.259 e. The van der Waals surface area contributed by atoms with Crippen molar-refractivity contribution < 1.29 is 18.7 Å². The van der Waals surface area contributed by atoms with Crippen LogP contribution in [0.15, 0.2) is 73.2 Å². The maximum absolute atomic E-state index is 14.6. The van der Waals surface area contributed by atoms with Crippen LogP contribution in [-0.4, -0.2) is 44.9 Å². The second-order valence-corrected chi connectivity index (χ2v) is 7.60. The first-order chi connectivity index (χ1) is 16.2. The first kappa shape index (κ1) is 20.8. The van der Waals surface area contributed by atoms with Gasteiger partial charge in [-0.15, -0.1) is 0 Å². The fourth-order valence-corrected chi connectivity index (χ4v) is 3.98. The standard InChI is InChI=1S/C25H23FN4O3/c1-2-28(17-18-8-7-11-22-23(18)33-15-14-32-22)25(31)19-16-27-30(21-10-4-3-9-20(21)26)24(19)29-12-5-6-13-29/h3-13,16H,2,14-15,17H2,1H3. The van der Waals surface area contributed by atoms with Crippen molar-refractivity contribution in [3.05, 3.63) is 90.1 Å². The highest BCUT2D eigenvalue weighted by Gasteiger charge is 2.26. The van der Waals surface area contributed by atoms with E-state index in [1.807, 2.05) is 37.3 Å². The number of rotatable bonds is 6. The molecule has 0 bridgehead atoms. The van der Waals surface area contributed by atoms with Crippen LogP contribution >= 0.6 is 0 Å². The molecule has 168 valence electrons. The molecule has 0 spiro atoms. The van der Waals surface area contributed by atoms with Gasteiger partial charge in [-0.25, -0.2) is 9.07 Å². The summed E-state index contributed by atoms with van der Waals surface area (Å²) < 4.78 is 29.3. The number of nitrogens with zero attached hydrogens (tertiary/aromatic N) is 4. The molecule has 1 aliphatic rings. The van der Waals surface area contributed by atoms with Crippen molar-refractivity contribution in [3.8, 4) is 23.0 Å². The summed E-state index contributed by atoms with van der Waals surface area (Å²) in [5, 5.41) is 4.38. The van der Waals surface area contributed by atoms with E-state index in [0.717, 1.165) is 5.56 Å². The molecule has 0 saturated heterocycles. The summed E-state index contributed by atoms with van der Waals surface area (Å²) in [5.74, 6) is 1.19. The number of aromatic nitrogens is 3. The first-order valence-electron chi connectivity index (χ1n) is 10.8. The molecule has 1 amide bonds. The maximum atomic E-state index is 14.6. The molecular weight excluding hydrogens is 423 g/mol. The van der Waals surface area contributed by atoms with Gasteiger partial charge in [-0.2, -0.15) is 5.10 Å². The number of hydrogen-bond acceptors (Lipinski definition) is 4. The Morgan fingerprint density at radius 3 is 2.64 bits per heavy atom. The molecule has 8 heteroatoms. The minimum absolute atomic E-state index is 0.210. The molecule has 1 aliphatic heterocycles. The fourth-order valence-electron chi connectivity index (χ4n) is 3.98. The molecule has 5 rings (SSSR count). The Balaban J connectivity index is 1.54. The van der Waals surface area contributed by atoms with Crippen molar-refractivity contribution in [2.45, 2.75) is 13.5 Å². The number of halogens is 1. The van der Waals surface area contributed by atoms with Crippen LogP contribution in [0.25, 0.3) is 11.5 Å². The number of hydrogen-bond donors (Lipinski definition) is 0. The molecule has 4 aromatic rings. The van der Waals surface area contributed by atoms with Gasteiger partial charge in [-0.05, 0) is 37.3 Å². The first-order valence-corrected chi connectivity index (χ1v) is 10.8. The molecule has 2 aromatic heterocycles. The van der Waals surface area contributed by atoms with E-state index < -0.39 is 5.82 Å². The summed E-state index contributed by atoms with van der Waals surface area (Å²) in [6, 6.07) is 15.7. The Morgan fingerprint density at radius 1 is 1.06 bits per heavy atom. The smallest absolute Gasteiger partial charge is 0.259 e. The van der Waals surface area contributed by atoms with Crippen LogP contribution < -0.4 is 9.47 Å². The number of fused-ring (bicyclic) bond motifs is 1. The quantitative estimate of drug-likeness (QED) is 0.445. The van der Waals surface area contributed by atoms with E-state index in [2.05, 4.69) is 5.10 Å². The van der Waals surface area contributed by atoms with Crippen molar-refractivity contribution in [1.82, 2.24) is 19.2 Å². The summed E-state index contributed by atoms with van der Waals surface area (Å²) in [5.41, 5.74) is 1.51. The minimum atomic E-state index is -0.423. The third-order valence-electron chi connectivity index (χ3n) is 5.58. The van der Waals surface area contributed by atoms with E-state index in [1.54, 1.807) is 40.1 Å². The number of carbonyl (C=O) groups is 1. The number of benzene rings is 2. The third kappa shape index (κ3) is 3.84. The van der Waals surface area contributed by atoms with Gasteiger partial charge in [-0.3, -0.25) is 4.79 Å². The van der Waals surface area contributed by atoms with Gasteiger partial charge in [0.2, 0.25) is 0 Å². The normalized spacial score (nSPS) is 12.5. The highest BCUT2D eigenvalue weighted by atomic mass is 19.1. The second kappa shape index (κ2) is 8.82. The molecule has 7 nitrogen and oxygen atoms in total. The van der Waals surface area contributed by atoms with E-state index in [1.165, 1.54) is 16.9 Å². The van der Waals surface area contributed by atoms with Crippen LogP contribution in [0.2, 0.25) is 0 Å². The lowest BCUT2D eigenvalue weighted by atomic mass is 10.1. The Hall–Kier alpha value is -4.07. The lowest BCUT2D eigenvalue weighted by Crippen LogP contribution is -2.31. The topological polar surface area (TPSA) is 61.5 Å². The molecule has 0 fully saturated rings. The highest BCUT2D eigenvalue weighted by Crippen LogP contribution is 2.34. The Morgan fingerprint density at radius 2 is 1.85 bits per heavy atom. The van der Waals surface area contributed by atoms with Crippen molar-refractivity contribution in [1.29, 1.82) is 0 Å². The second-order valence-electron chi connectivity index (χ2n) is 7.60. The number of para-hydroxylation sites is 2. The van der Waals surface area contributed by atoms with E-state index in [9.17, 15) is 9.18 Å². The Bertz CT molecular complexity index is 1280. The monoisotopic (exact) mass is 446 g/mol. The predicted molar refractivity (Wildman–Crippen MR) is 121 cm³/mol. The molecule has 0 radical (unpaired) electrons. The van der Waals surface area contributed by atoms with Gasteiger partial charge >= 0.3 is 0 Å². The van der Waals surface area contributed by atoms with E-state index >= 15 is 0 Å². The molecule has 33 heavy (non-hydrogen) atoms. The van der Waals surface area contributed by atoms with Gasteiger partial charge in [0.1, 0.15) is 30.3 Å². The minimum Gasteiger partial charge on any atom is -0.486 e. The van der Waals surface area contributed by atoms with Crippen molar-refractivity contribution in [3.63, 3.8) is 0 Å². The summed E-state index contributed by atoms with van der Waals surface area (Å²) in [6.07, 6.45) is 5.10. The van der Waals surface area contributed by atoms with E-state index in [0.29, 0.717) is 49.2 Å². The molecule has 0 unspecified atom stereocenters. The van der Waals surface area contributed by atoms with E-state index in [-0.39, 0.29) is 11.6 Å². The van der Waals surface area contributed by atoms with Gasteiger partial charge in [0.25, 0.3) is 5.91 Å².